The Morgan fingerprint density at radius 2 is 1.54 bits per heavy atom. The maximum absolute atomic E-state index is 13.1. The number of anilines is 1. The summed E-state index contributed by atoms with van der Waals surface area (Å²) in [7, 11) is 3.87. The van der Waals surface area contributed by atoms with Crippen LogP contribution in [-0.2, 0) is 15.9 Å². The van der Waals surface area contributed by atoms with Crippen molar-refractivity contribution >= 4 is 11.6 Å². The van der Waals surface area contributed by atoms with Crippen molar-refractivity contribution in [3.05, 3.63) is 169 Å². The van der Waals surface area contributed by atoms with Crippen molar-refractivity contribution < 1.29 is 23.7 Å². The number of pyridine rings is 1. The summed E-state index contributed by atoms with van der Waals surface area (Å²) in [5.41, 5.74) is 5.99. The highest BCUT2D eigenvalue weighted by Crippen LogP contribution is 2.33. The lowest BCUT2D eigenvalue weighted by atomic mass is 10.0. The molecule has 0 bridgehead atoms. The van der Waals surface area contributed by atoms with Gasteiger partial charge in [0.05, 0.1) is 31.6 Å². The third kappa shape index (κ3) is 20.4. The van der Waals surface area contributed by atoms with Crippen LogP contribution in [0.1, 0.15) is 102 Å². The Bertz CT molecular complexity index is 1950. The van der Waals surface area contributed by atoms with Gasteiger partial charge in [0.25, 0.3) is 5.91 Å². The number of unbranched alkanes of at least 4 members (excludes halogenated alkanes) is 1. The van der Waals surface area contributed by atoms with E-state index >= 15 is 0 Å². The Morgan fingerprint density at radius 3 is 2.17 bits per heavy atom. The molecular formula is C55H75N3O5. The first kappa shape index (κ1) is 53.4. The van der Waals surface area contributed by atoms with Crippen molar-refractivity contribution in [3.8, 4) is 22.6 Å². The van der Waals surface area contributed by atoms with Crippen LogP contribution in [0.15, 0.2) is 152 Å². The summed E-state index contributed by atoms with van der Waals surface area (Å²) in [4.78, 5) is 21.2. The zero-order valence-electron chi connectivity index (χ0n) is 39.7. The van der Waals surface area contributed by atoms with Crippen LogP contribution in [0.2, 0.25) is 0 Å². The Hall–Kier alpha value is -5.70. The van der Waals surface area contributed by atoms with E-state index in [0.717, 1.165) is 60.7 Å². The highest BCUT2D eigenvalue weighted by molar-refractivity contribution is 6.09. The number of aromatic nitrogens is 1. The SMILES string of the molecule is C=CCOCCCN(C)CCCC.CC.CC.CO/C(C)=C/C(C)c1ccccc1.O=C1c2ccc(-c3ccccc3)cc2OCN1c1ccc(OCCCc2cccnc2)cc1. The molecule has 5 aromatic rings. The molecule has 1 aliphatic heterocycles. The van der Waals surface area contributed by atoms with Crippen molar-refractivity contribution in [2.45, 2.75) is 86.5 Å². The minimum atomic E-state index is -0.0685. The lowest BCUT2D eigenvalue weighted by Gasteiger charge is -2.29. The zero-order valence-corrected chi connectivity index (χ0v) is 39.7. The highest BCUT2D eigenvalue weighted by Gasteiger charge is 2.27. The van der Waals surface area contributed by atoms with Crippen LogP contribution in [-0.4, -0.2) is 69.6 Å². The van der Waals surface area contributed by atoms with Gasteiger partial charge in [-0.05, 0) is 117 Å². The largest absolute Gasteiger partial charge is 0.502 e. The molecule has 63 heavy (non-hydrogen) atoms. The molecule has 0 N–H and O–H groups in total. The molecule has 0 saturated heterocycles. The summed E-state index contributed by atoms with van der Waals surface area (Å²) in [6.07, 6.45) is 13.1. The molecule has 8 nitrogen and oxygen atoms in total. The summed E-state index contributed by atoms with van der Waals surface area (Å²) < 4.78 is 22.2. The summed E-state index contributed by atoms with van der Waals surface area (Å²) in [6, 6.07) is 37.8. The first-order chi connectivity index (χ1) is 30.8. The van der Waals surface area contributed by atoms with Gasteiger partial charge in [-0.15, -0.1) is 6.58 Å². The predicted octanol–water partition coefficient (Wildman–Crippen LogP) is 13.5. The number of benzene rings is 4. The maximum atomic E-state index is 13.1. The molecule has 0 spiro atoms. The van der Waals surface area contributed by atoms with Gasteiger partial charge >= 0.3 is 0 Å². The Balaban J connectivity index is 0.000000377. The average Bonchev–Trinajstić information content (AvgIpc) is 3.35. The van der Waals surface area contributed by atoms with Gasteiger partial charge in [0, 0.05) is 37.2 Å². The Morgan fingerprint density at radius 1 is 0.857 bits per heavy atom. The molecule has 0 aliphatic carbocycles. The fraction of sp³-hybridized carbons (Fsp3) is 0.382. The Kier molecular flexibility index (Phi) is 27.9. The molecule has 1 amide bonds. The van der Waals surface area contributed by atoms with E-state index < -0.39 is 0 Å². The van der Waals surface area contributed by atoms with E-state index in [0.29, 0.717) is 30.4 Å². The van der Waals surface area contributed by atoms with E-state index in [1.807, 2.05) is 126 Å². The third-order valence-electron chi connectivity index (χ3n) is 9.75. The highest BCUT2D eigenvalue weighted by atomic mass is 16.5. The fourth-order valence-corrected chi connectivity index (χ4v) is 6.31. The van der Waals surface area contributed by atoms with Gasteiger partial charge in [-0.25, -0.2) is 0 Å². The lowest BCUT2D eigenvalue weighted by Crippen LogP contribution is -2.38. The molecule has 8 heteroatoms. The summed E-state index contributed by atoms with van der Waals surface area (Å²) in [5.74, 6) is 2.72. The molecule has 340 valence electrons. The molecule has 0 saturated carbocycles. The van der Waals surface area contributed by atoms with E-state index in [-0.39, 0.29) is 12.6 Å². The van der Waals surface area contributed by atoms with Crippen molar-refractivity contribution in [1.29, 1.82) is 0 Å². The second-order valence-corrected chi connectivity index (χ2v) is 14.4. The van der Waals surface area contributed by atoms with Gasteiger partial charge in [-0.3, -0.25) is 14.7 Å². The number of carbonyl (C=O) groups is 1. The molecule has 0 fully saturated rings. The first-order valence-electron chi connectivity index (χ1n) is 22.7. The van der Waals surface area contributed by atoms with Crippen LogP contribution in [0, 0.1) is 0 Å². The van der Waals surface area contributed by atoms with E-state index in [9.17, 15) is 4.79 Å². The molecule has 1 unspecified atom stereocenters. The number of methoxy groups -OCH3 is 1. The van der Waals surface area contributed by atoms with Gasteiger partial charge in [0.15, 0.2) is 6.73 Å². The number of amides is 1. The second-order valence-electron chi connectivity index (χ2n) is 14.4. The number of ether oxygens (including phenoxy) is 4. The number of rotatable bonds is 19. The smallest absolute Gasteiger partial charge is 0.264 e. The first-order valence-corrected chi connectivity index (χ1v) is 22.7. The van der Waals surface area contributed by atoms with Crippen molar-refractivity contribution in [3.63, 3.8) is 0 Å². The van der Waals surface area contributed by atoms with E-state index in [2.05, 4.69) is 73.8 Å². The predicted molar refractivity (Wildman–Crippen MR) is 265 cm³/mol. The molecule has 1 aromatic heterocycles. The second kappa shape index (κ2) is 32.9. The quantitative estimate of drug-likeness (QED) is 0.0465. The van der Waals surface area contributed by atoms with Crippen LogP contribution < -0.4 is 14.4 Å². The molecule has 4 aromatic carbocycles. The molecule has 1 atom stereocenters. The standard InChI is InChI=1S/C28H24N2O3.C12H16O.C11H23NO.2C2H6/c31-28-26-15-10-23(22-8-2-1-3-9-22)18-27(26)33-20-30(28)24-11-13-25(14-12-24)32-17-5-7-21-6-4-16-29-19-21;1-10(9-11(2)13-3)12-7-5-4-6-8-12;1-4-6-8-12(3)9-7-11-13-10-5-2;2*1-2/h1-4,6,8-16,18-19H,5,7,17,20H2;4-10H,1-3H3;5H,2,4,6-11H2,1,3H3;2*1-2H3/b;11-9+;;;. The van der Waals surface area contributed by atoms with Crippen LogP contribution in [0.3, 0.4) is 0 Å². The van der Waals surface area contributed by atoms with Gasteiger partial charge in [-0.1, -0.05) is 127 Å². The maximum Gasteiger partial charge on any atom is 0.264 e. The number of fused-ring (bicyclic) bond motifs is 1. The molecule has 6 rings (SSSR count). The Labute approximate surface area is 380 Å². The third-order valence-corrected chi connectivity index (χ3v) is 9.75. The minimum absolute atomic E-state index is 0.0685. The van der Waals surface area contributed by atoms with Gasteiger partial charge in [-0.2, -0.15) is 0 Å². The van der Waals surface area contributed by atoms with Crippen LogP contribution in [0.5, 0.6) is 11.5 Å². The number of nitrogens with zero attached hydrogens (tertiary/aromatic N) is 3. The fourth-order valence-electron chi connectivity index (χ4n) is 6.31. The molecule has 0 radical (unpaired) electrons. The van der Waals surface area contributed by atoms with E-state index in [1.54, 1.807) is 24.3 Å². The van der Waals surface area contributed by atoms with Crippen molar-refractivity contribution in [2.24, 2.45) is 0 Å². The van der Waals surface area contributed by atoms with E-state index in [1.165, 1.54) is 30.5 Å². The number of hydrogen-bond donors (Lipinski definition) is 0. The molecular weight excluding hydrogens is 783 g/mol. The lowest BCUT2D eigenvalue weighted by molar-refractivity contribution is 0.0937. The summed E-state index contributed by atoms with van der Waals surface area (Å²) >= 11 is 0. The molecule has 2 heterocycles. The average molecular weight is 858 g/mol. The summed E-state index contributed by atoms with van der Waals surface area (Å²) in [6.45, 7) is 22.6. The van der Waals surface area contributed by atoms with Gasteiger partial charge in [0.2, 0.25) is 0 Å². The summed E-state index contributed by atoms with van der Waals surface area (Å²) in [5, 5.41) is 0. The van der Waals surface area contributed by atoms with Crippen LogP contribution in [0.25, 0.3) is 11.1 Å². The molecule has 1 aliphatic rings. The normalized spacial score (nSPS) is 11.9. The van der Waals surface area contributed by atoms with Gasteiger partial charge in [0.1, 0.15) is 11.5 Å². The van der Waals surface area contributed by atoms with Crippen LogP contribution in [0.4, 0.5) is 5.69 Å². The van der Waals surface area contributed by atoms with E-state index in [4.69, 9.17) is 18.9 Å². The number of carbonyl (C=O) groups excluding carboxylic acids is 1. The number of aryl methyl sites for hydroxylation is 1. The zero-order chi connectivity index (χ0) is 46.1. The minimum Gasteiger partial charge on any atom is -0.502 e. The topological polar surface area (TPSA) is 73.4 Å². The van der Waals surface area contributed by atoms with Crippen LogP contribution >= 0.6 is 0 Å². The van der Waals surface area contributed by atoms with Gasteiger partial charge < -0.3 is 23.8 Å². The van der Waals surface area contributed by atoms with Crippen molar-refractivity contribution in [2.75, 3.05) is 58.7 Å². The monoisotopic (exact) mass is 858 g/mol. The number of hydrogen-bond acceptors (Lipinski definition) is 7. The number of allylic oxidation sites excluding steroid dienone is 2. The van der Waals surface area contributed by atoms with Crippen molar-refractivity contribution in [1.82, 2.24) is 9.88 Å².